The molecule has 0 N–H and O–H groups in total. The van der Waals surface area contributed by atoms with Gasteiger partial charge in [-0.1, -0.05) is 4.73 Å². The summed E-state index contributed by atoms with van der Waals surface area (Å²) in [6, 6.07) is 0. The SMILES string of the molecule is COP(=O)(OF)OC(C)C. The molecular formula is C4H10FO4P. The van der Waals surface area contributed by atoms with Crippen LogP contribution >= 0.6 is 7.82 Å². The zero-order valence-corrected chi connectivity index (χ0v) is 6.93. The van der Waals surface area contributed by atoms with Crippen LogP contribution in [-0.4, -0.2) is 13.2 Å². The molecule has 0 aromatic heterocycles. The highest BCUT2D eigenvalue weighted by atomic mass is 31.2. The number of phosphoric acid groups is 1. The summed E-state index contributed by atoms with van der Waals surface area (Å²) in [6.45, 7) is 3.18. The Morgan fingerprint density at radius 1 is 1.50 bits per heavy atom. The Labute approximate surface area is 58.8 Å². The van der Waals surface area contributed by atoms with Gasteiger partial charge in [0.05, 0.1) is 6.10 Å². The quantitative estimate of drug-likeness (QED) is 0.609. The van der Waals surface area contributed by atoms with E-state index in [9.17, 15) is 9.09 Å². The first-order valence-corrected chi connectivity index (χ1v) is 4.14. The lowest BCUT2D eigenvalue weighted by Crippen LogP contribution is -2.01. The lowest BCUT2D eigenvalue weighted by Gasteiger charge is -2.12. The van der Waals surface area contributed by atoms with Crippen LogP contribution in [0.1, 0.15) is 13.8 Å². The van der Waals surface area contributed by atoms with E-state index in [1.807, 2.05) is 0 Å². The van der Waals surface area contributed by atoms with E-state index in [1.54, 1.807) is 13.8 Å². The molecule has 4 nitrogen and oxygen atoms in total. The largest absolute Gasteiger partial charge is 0.506 e. The number of hydrogen-bond donors (Lipinski definition) is 0. The van der Waals surface area contributed by atoms with E-state index in [-0.39, 0.29) is 0 Å². The molecule has 10 heavy (non-hydrogen) atoms. The van der Waals surface area contributed by atoms with E-state index in [4.69, 9.17) is 0 Å². The third-order valence-corrected chi connectivity index (χ3v) is 1.94. The number of phosphoric ester groups is 1. The highest BCUT2D eigenvalue weighted by Gasteiger charge is 2.27. The van der Waals surface area contributed by atoms with E-state index in [0.717, 1.165) is 7.11 Å². The predicted molar refractivity (Wildman–Crippen MR) is 33.0 cm³/mol. The van der Waals surface area contributed by atoms with Gasteiger partial charge in [0.25, 0.3) is 0 Å². The second kappa shape index (κ2) is 4.03. The molecule has 0 aliphatic carbocycles. The van der Waals surface area contributed by atoms with Crippen LogP contribution in [0.25, 0.3) is 0 Å². The summed E-state index contributed by atoms with van der Waals surface area (Å²) in [6.07, 6.45) is -0.401. The number of rotatable bonds is 4. The summed E-state index contributed by atoms with van der Waals surface area (Å²) in [5, 5.41) is 0. The molecule has 0 heterocycles. The molecule has 0 fully saturated rings. The Balaban J connectivity index is 3.94. The topological polar surface area (TPSA) is 44.8 Å². The molecule has 0 spiro atoms. The van der Waals surface area contributed by atoms with Crippen LogP contribution in [0.15, 0.2) is 0 Å². The number of halogens is 1. The lowest BCUT2D eigenvalue weighted by molar-refractivity contribution is -0.0580. The molecule has 0 aliphatic heterocycles. The Morgan fingerprint density at radius 3 is 2.10 bits per heavy atom. The molecule has 0 amide bonds. The molecule has 0 aromatic carbocycles. The standard InChI is InChI=1S/C4H10FO4P/c1-4(2)8-10(6,7-3)9-5/h4H,1-3H3. The molecule has 0 rings (SSSR count). The van der Waals surface area contributed by atoms with Gasteiger partial charge in [-0.25, -0.2) is 4.57 Å². The van der Waals surface area contributed by atoms with Crippen molar-refractivity contribution in [1.82, 2.24) is 0 Å². The van der Waals surface area contributed by atoms with Gasteiger partial charge in [0, 0.05) is 7.11 Å². The van der Waals surface area contributed by atoms with Crippen LogP contribution < -0.4 is 0 Å². The van der Waals surface area contributed by atoms with Crippen molar-refractivity contribution in [2.24, 2.45) is 0 Å². The molecular weight excluding hydrogens is 162 g/mol. The van der Waals surface area contributed by atoms with E-state index in [0.29, 0.717) is 0 Å². The van der Waals surface area contributed by atoms with Crippen LogP contribution in [0, 0.1) is 0 Å². The van der Waals surface area contributed by atoms with Gasteiger partial charge in [-0.15, -0.1) is 0 Å². The van der Waals surface area contributed by atoms with Crippen LogP contribution in [0.3, 0.4) is 0 Å². The van der Waals surface area contributed by atoms with Crippen molar-refractivity contribution in [3.63, 3.8) is 0 Å². The first kappa shape index (κ1) is 10.0. The highest BCUT2D eigenvalue weighted by molar-refractivity contribution is 7.48. The molecule has 0 bridgehead atoms. The number of hydrogen-bond acceptors (Lipinski definition) is 4. The van der Waals surface area contributed by atoms with Crippen LogP contribution in [0.2, 0.25) is 0 Å². The fraction of sp³-hybridized carbons (Fsp3) is 1.00. The maximum absolute atomic E-state index is 11.4. The van der Waals surface area contributed by atoms with Gasteiger partial charge in [0.2, 0.25) is 0 Å². The highest BCUT2D eigenvalue weighted by Crippen LogP contribution is 2.49. The Kier molecular flexibility index (Phi) is 4.05. The zero-order chi connectivity index (χ0) is 8.20. The minimum atomic E-state index is -3.90. The van der Waals surface area contributed by atoms with Crippen LogP contribution in [0.4, 0.5) is 4.53 Å². The van der Waals surface area contributed by atoms with Gasteiger partial charge in [0.15, 0.2) is 0 Å². The van der Waals surface area contributed by atoms with Gasteiger partial charge >= 0.3 is 7.82 Å². The third kappa shape index (κ3) is 3.27. The molecule has 62 valence electrons. The van der Waals surface area contributed by atoms with Crippen molar-refractivity contribution in [3.8, 4) is 0 Å². The fourth-order valence-corrected chi connectivity index (χ4v) is 1.04. The summed E-state index contributed by atoms with van der Waals surface area (Å²) in [4.78, 5) is 0. The molecule has 0 aromatic rings. The molecule has 0 saturated carbocycles. The van der Waals surface area contributed by atoms with E-state index < -0.39 is 13.9 Å². The van der Waals surface area contributed by atoms with Gasteiger partial charge in [-0.3, -0.25) is 9.05 Å². The first-order valence-electron chi connectivity index (χ1n) is 2.68. The molecule has 0 radical (unpaired) electrons. The summed E-state index contributed by atoms with van der Waals surface area (Å²) in [7, 11) is -2.86. The summed E-state index contributed by atoms with van der Waals surface area (Å²) in [5.41, 5.74) is 0. The van der Waals surface area contributed by atoms with Gasteiger partial charge in [0.1, 0.15) is 0 Å². The first-order chi connectivity index (χ1) is 4.54. The molecule has 1 atom stereocenters. The minimum absolute atomic E-state index is 0.401. The van der Waals surface area contributed by atoms with Crippen molar-refractivity contribution >= 4 is 7.82 Å². The van der Waals surface area contributed by atoms with E-state index in [1.165, 1.54) is 0 Å². The maximum Gasteiger partial charge on any atom is 0.506 e. The van der Waals surface area contributed by atoms with Crippen LogP contribution in [-0.2, 0) is 18.3 Å². The van der Waals surface area contributed by atoms with Crippen molar-refractivity contribution in [1.29, 1.82) is 0 Å². The van der Waals surface area contributed by atoms with Crippen molar-refractivity contribution < 1.29 is 22.9 Å². The fourth-order valence-electron chi connectivity index (χ4n) is 0.346. The summed E-state index contributed by atoms with van der Waals surface area (Å²) in [5.74, 6) is 0. The monoisotopic (exact) mass is 172 g/mol. The van der Waals surface area contributed by atoms with E-state index in [2.05, 4.69) is 13.8 Å². The second-order valence-electron chi connectivity index (χ2n) is 1.85. The smallest absolute Gasteiger partial charge is 0.289 e. The summed E-state index contributed by atoms with van der Waals surface area (Å²) >= 11 is 0. The average Bonchev–Trinajstić information content (AvgIpc) is 1.87. The summed E-state index contributed by atoms with van der Waals surface area (Å²) < 4.78 is 33.7. The molecule has 0 saturated heterocycles. The van der Waals surface area contributed by atoms with E-state index >= 15 is 0 Å². The third-order valence-electron chi connectivity index (χ3n) is 0.648. The van der Waals surface area contributed by atoms with Crippen molar-refractivity contribution in [2.45, 2.75) is 20.0 Å². The van der Waals surface area contributed by atoms with Gasteiger partial charge < -0.3 is 0 Å². The minimum Gasteiger partial charge on any atom is -0.289 e. The zero-order valence-electron chi connectivity index (χ0n) is 6.04. The van der Waals surface area contributed by atoms with Gasteiger partial charge in [-0.2, -0.15) is 0 Å². The molecule has 6 heteroatoms. The van der Waals surface area contributed by atoms with Crippen molar-refractivity contribution in [2.75, 3.05) is 7.11 Å². The Hall–Kier alpha value is 0.0400. The second-order valence-corrected chi connectivity index (χ2v) is 3.46. The predicted octanol–water partition coefficient (Wildman–Crippen LogP) is 2.07. The van der Waals surface area contributed by atoms with Gasteiger partial charge in [-0.05, 0) is 18.4 Å². The Morgan fingerprint density at radius 2 is 2.00 bits per heavy atom. The normalized spacial score (nSPS) is 17.3. The maximum atomic E-state index is 11.4. The Bertz CT molecular complexity index is 129. The van der Waals surface area contributed by atoms with Crippen LogP contribution in [0.5, 0.6) is 0 Å². The molecule has 1 unspecified atom stereocenters. The average molecular weight is 172 g/mol. The lowest BCUT2D eigenvalue weighted by atomic mass is 10.5. The molecule has 0 aliphatic rings. The van der Waals surface area contributed by atoms with Crippen molar-refractivity contribution in [3.05, 3.63) is 0 Å².